The molecule has 2 rings (SSSR count). The molecule has 2 aromatic carbocycles. The van der Waals surface area contributed by atoms with E-state index >= 15 is 0 Å². The molecular formula is C16H15F3O2S. The van der Waals surface area contributed by atoms with Gasteiger partial charge in [0.05, 0.1) is 11.7 Å². The molecule has 0 bridgehead atoms. The summed E-state index contributed by atoms with van der Waals surface area (Å²) in [4.78, 5) is 1.62. The molecule has 1 atom stereocenters. The smallest absolute Gasteiger partial charge is 0.416 e. The molecule has 0 aromatic heterocycles. The van der Waals surface area contributed by atoms with Crippen LogP contribution < -0.4 is 4.74 Å². The Morgan fingerprint density at radius 3 is 1.95 bits per heavy atom. The van der Waals surface area contributed by atoms with Crippen LogP contribution in [0.3, 0.4) is 0 Å². The number of aliphatic hydroxyl groups excluding tert-OH is 1. The summed E-state index contributed by atoms with van der Waals surface area (Å²) < 4.78 is 42.8. The minimum absolute atomic E-state index is 0.214. The third-order valence-corrected chi connectivity index (χ3v) is 3.75. The van der Waals surface area contributed by atoms with Crippen LogP contribution in [0, 0.1) is 0 Å². The summed E-state index contributed by atoms with van der Waals surface area (Å²) in [5.41, 5.74) is -0.654. The number of aliphatic hydroxyl groups is 1. The van der Waals surface area contributed by atoms with Crippen molar-refractivity contribution in [3.63, 3.8) is 0 Å². The second-order valence-electron chi connectivity index (χ2n) is 4.76. The highest BCUT2D eigenvalue weighted by Crippen LogP contribution is 2.33. The molecular weight excluding hydrogens is 313 g/mol. The zero-order valence-electron chi connectivity index (χ0n) is 11.8. The topological polar surface area (TPSA) is 29.5 Å². The molecule has 0 saturated carbocycles. The van der Waals surface area contributed by atoms with Gasteiger partial charge in [0, 0.05) is 9.79 Å². The first kappa shape index (κ1) is 16.7. The summed E-state index contributed by atoms with van der Waals surface area (Å²) in [6.45, 7) is 1.85. The van der Waals surface area contributed by atoms with Crippen LogP contribution in [0.5, 0.6) is 5.75 Å². The third kappa shape index (κ3) is 4.96. The van der Waals surface area contributed by atoms with Crippen LogP contribution in [0.4, 0.5) is 13.2 Å². The molecule has 22 heavy (non-hydrogen) atoms. The van der Waals surface area contributed by atoms with Gasteiger partial charge in [0.15, 0.2) is 0 Å². The Bertz CT molecular complexity index is 592. The predicted molar refractivity (Wildman–Crippen MR) is 79.2 cm³/mol. The number of rotatable bonds is 5. The molecule has 6 heteroatoms. The molecule has 0 aliphatic rings. The van der Waals surface area contributed by atoms with Gasteiger partial charge < -0.3 is 9.84 Å². The summed E-state index contributed by atoms with van der Waals surface area (Å²) in [6.07, 6.45) is -4.85. The highest BCUT2D eigenvalue weighted by Gasteiger charge is 2.29. The van der Waals surface area contributed by atoms with E-state index < -0.39 is 17.8 Å². The maximum atomic E-state index is 12.5. The Morgan fingerprint density at radius 1 is 1.00 bits per heavy atom. The first-order chi connectivity index (χ1) is 10.3. The van der Waals surface area contributed by atoms with Crippen molar-refractivity contribution in [3.05, 3.63) is 54.1 Å². The first-order valence-corrected chi connectivity index (χ1v) is 7.42. The van der Waals surface area contributed by atoms with Crippen LogP contribution in [0.15, 0.2) is 58.3 Å². The van der Waals surface area contributed by atoms with Crippen molar-refractivity contribution in [2.24, 2.45) is 0 Å². The molecule has 0 radical (unpaired) electrons. The van der Waals surface area contributed by atoms with Crippen molar-refractivity contribution in [2.45, 2.75) is 29.0 Å². The largest absolute Gasteiger partial charge is 0.491 e. The molecule has 118 valence electrons. The molecule has 0 heterocycles. The van der Waals surface area contributed by atoms with Gasteiger partial charge in [-0.2, -0.15) is 13.2 Å². The second-order valence-corrected chi connectivity index (χ2v) is 5.90. The highest BCUT2D eigenvalue weighted by atomic mass is 32.2. The zero-order chi connectivity index (χ0) is 16.2. The molecule has 1 N–H and O–H groups in total. The van der Waals surface area contributed by atoms with E-state index in [1.165, 1.54) is 23.9 Å². The van der Waals surface area contributed by atoms with E-state index in [0.29, 0.717) is 5.75 Å². The van der Waals surface area contributed by atoms with Crippen LogP contribution in [-0.4, -0.2) is 17.8 Å². The van der Waals surface area contributed by atoms with Gasteiger partial charge in [-0.3, -0.25) is 0 Å². The molecule has 0 saturated heterocycles. The number of ether oxygens (including phenoxy) is 1. The standard InChI is InChI=1S/C16H15F3O2S/c1-11(20)10-21-13-4-8-15(9-5-13)22-14-6-2-12(3-7-14)16(17,18)19/h2-9,11,20H,10H2,1H3. The van der Waals surface area contributed by atoms with Gasteiger partial charge in [-0.25, -0.2) is 0 Å². The Morgan fingerprint density at radius 2 is 1.50 bits per heavy atom. The number of hydrogen-bond acceptors (Lipinski definition) is 3. The molecule has 2 aromatic rings. The summed E-state index contributed by atoms with van der Waals surface area (Å²) in [7, 11) is 0. The predicted octanol–water partition coefficient (Wildman–Crippen LogP) is 4.62. The van der Waals surface area contributed by atoms with E-state index in [-0.39, 0.29) is 6.61 Å². The summed E-state index contributed by atoms with van der Waals surface area (Å²) in [6, 6.07) is 12.2. The van der Waals surface area contributed by atoms with Gasteiger partial charge in [0.25, 0.3) is 0 Å². The average Bonchev–Trinajstić information content (AvgIpc) is 2.46. The van der Waals surface area contributed by atoms with E-state index in [1.54, 1.807) is 19.1 Å². The van der Waals surface area contributed by atoms with Gasteiger partial charge in [-0.15, -0.1) is 0 Å². The summed E-state index contributed by atoms with van der Waals surface area (Å²) >= 11 is 1.37. The van der Waals surface area contributed by atoms with E-state index in [9.17, 15) is 13.2 Å². The lowest BCUT2D eigenvalue weighted by molar-refractivity contribution is -0.137. The SMILES string of the molecule is CC(O)COc1ccc(Sc2ccc(C(F)(F)F)cc2)cc1. The number of benzene rings is 2. The van der Waals surface area contributed by atoms with Crippen LogP contribution in [0.2, 0.25) is 0 Å². The normalized spacial score (nSPS) is 13.0. The fourth-order valence-electron chi connectivity index (χ4n) is 1.67. The molecule has 0 aliphatic carbocycles. The van der Waals surface area contributed by atoms with Gasteiger partial charge in [0.1, 0.15) is 12.4 Å². The Balaban J connectivity index is 1.99. The lowest BCUT2D eigenvalue weighted by atomic mass is 10.2. The summed E-state index contributed by atoms with van der Waals surface area (Å²) in [5.74, 6) is 0.637. The van der Waals surface area contributed by atoms with Gasteiger partial charge >= 0.3 is 6.18 Å². The molecule has 0 fully saturated rings. The molecule has 1 unspecified atom stereocenters. The van der Waals surface area contributed by atoms with E-state index in [4.69, 9.17) is 9.84 Å². The molecule has 0 aliphatic heterocycles. The first-order valence-electron chi connectivity index (χ1n) is 6.60. The van der Waals surface area contributed by atoms with Gasteiger partial charge in [0.2, 0.25) is 0 Å². The van der Waals surface area contributed by atoms with Crippen LogP contribution in [0.25, 0.3) is 0 Å². The minimum atomic E-state index is -4.31. The van der Waals surface area contributed by atoms with Crippen molar-refractivity contribution in [1.29, 1.82) is 0 Å². The maximum Gasteiger partial charge on any atom is 0.416 e. The number of alkyl halides is 3. The molecule has 2 nitrogen and oxygen atoms in total. The lowest BCUT2D eigenvalue weighted by Crippen LogP contribution is -2.12. The van der Waals surface area contributed by atoms with E-state index in [2.05, 4.69) is 0 Å². The number of halogens is 3. The average molecular weight is 328 g/mol. The van der Waals surface area contributed by atoms with Gasteiger partial charge in [-0.05, 0) is 55.5 Å². The van der Waals surface area contributed by atoms with Crippen molar-refractivity contribution >= 4 is 11.8 Å². The van der Waals surface area contributed by atoms with Crippen molar-refractivity contribution in [2.75, 3.05) is 6.61 Å². The van der Waals surface area contributed by atoms with Crippen LogP contribution >= 0.6 is 11.8 Å². The second kappa shape index (κ2) is 7.07. The van der Waals surface area contributed by atoms with Crippen LogP contribution in [-0.2, 0) is 6.18 Å². The Labute approximate surface area is 130 Å². The van der Waals surface area contributed by atoms with Crippen molar-refractivity contribution in [1.82, 2.24) is 0 Å². The fourth-order valence-corrected chi connectivity index (χ4v) is 2.49. The quantitative estimate of drug-likeness (QED) is 0.869. The zero-order valence-corrected chi connectivity index (χ0v) is 12.6. The Kier molecular flexibility index (Phi) is 5.37. The van der Waals surface area contributed by atoms with Crippen molar-refractivity contribution < 1.29 is 23.0 Å². The van der Waals surface area contributed by atoms with Gasteiger partial charge in [-0.1, -0.05) is 11.8 Å². The monoisotopic (exact) mass is 328 g/mol. The van der Waals surface area contributed by atoms with E-state index in [1.807, 2.05) is 12.1 Å². The molecule has 0 spiro atoms. The lowest BCUT2D eigenvalue weighted by Gasteiger charge is -2.09. The Hall–Kier alpha value is -1.66. The third-order valence-electron chi connectivity index (χ3n) is 2.73. The van der Waals surface area contributed by atoms with E-state index in [0.717, 1.165) is 21.9 Å². The minimum Gasteiger partial charge on any atom is -0.491 e. The molecule has 0 amide bonds. The highest BCUT2D eigenvalue weighted by molar-refractivity contribution is 7.99. The van der Waals surface area contributed by atoms with Crippen molar-refractivity contribution in [3.8, 4) is 5.75 Å². The number of hydrogen-bond donors (Lipinski definition) is 1. The van der Waals surface area contributed by atoms with Crippen LogP contribution in [0.1, 0.15) is 12.5 Å². The summed E-state index contributed by atoms with van der Waals surface area (Å²) in [5, 5.41) is 9.13. The fraction of sp³-hybridized carbons (Fsp3) is 0.250. The maximum absolute atomic E-state index is 12.5.